The summed E-state index contributed by atoms with van der Waals surface area (Å²) in [6, 6.07) is 0. The van der Waals surface area contributed by atoms with Crippen LogP contribution < -0.4 is 5.73 Å². The van der Waals surface area contributed by atoms with Crippen molar-refractivity contribution in [2.24, 2.45) is 5.73 Å². The van der Waals surface area contributed by atoms with Crippen LogP contribution in [0.4, 0.5) is 0 Å². The predicted molar refractivity (Wildman–Crippen MR) is 72.3 cm³/mol. The highest BCUT2D eigenvalue weighted by atomic mass is 16.5. The first-order valence-electron chi connectivity index (χ1n) is 7.06. The van der Waals surface area contributed by atoms with Gasteiger partial charge in [-0.1, -0.05) is 20.3 Å². The van der Waals surface area contributed by atoms with Gasteiger partial charge in [0.2, 0.25) is 0 Å². The Morgan fingerprint density at radius 2 is 2.18 bits per heavy atom. The molecular weight excluding hydrogens is 214 g/mol. The minimum absolute atomic E-state index is 0.368. The van der Waals surface area contributed by atoms with E-state index in [9.17, 15) is 0 Å². The van der Waals surface area contributed by atoms with Gasteiger partial charge in [0.15, 0.2) is 0 Å². The zero-order chi connectivity index (χ0) is 12.5. The number of morpholine rings is 1. The molecule has 1 unspecified atom stereocenters. The van der Waals surface area contributed by atoms with Crippen LogP contribution in [0.5, 0.6) is 0 Å². The Morgan fingerprint density at radius 1 is 1.35 bits per heavy atom. The van der Waals surface area contributed by atoms with E-state index in [-0.39, 0.29) is 0 Å². The lowest BCUT2D eigenvalue weighted by atomic mass is 10.2. The van der Waals surface area contributed by atoms with Gasteiger partial charge >= 0.3 is 0 Å². The van der Waals surface area contributed by atoms with Gasteiger partial charge in [-0.3, -0.25) is 9.80 Å². The number of hydrogen-bond donors (Lipinski definition) is 1. The molecule has 0 saturated carbocycles. The number of likely N-dealkylation sites (N-methyl/N-ethyl adjacent to an activating group) is 1. The van der Waals surface area contributed by atoms with Crippen LogP contribution in [-0.4, -0.2) is 68.3 Å². The Balaban J connectivity index is 2.31. The van der Waals surface area contributed by atoms with E-state index in [4.69, 9.17) is 10.5 Å². The molecule has 0 amide bonds. The fourth-order valence-corrected chi connectivity index (χ4v) is 2.32. The topological polar surface area (TPSA) is 41.7 Å². The van der Waals surface area contributed by atoms with Crippen molar-refractivity contribution in [1.29, 1.82) is 0 Å². The van der Waals surface area contributed by atoms with E-state index < -0.39 is 0 Å². The monoisotopic (exact) mass is 243 g/mol. The Hall–Kier alpha value is -0.160. The van der Waals surface area contributed by atoms with Crippen LogP contribution in [0.1, 0.15) is 26.7 Å². The molecule has 102 valence electrons. The third-order valence-corrected chi connectivity index (χ3v) is 3.41. The van der Waals surface area contributed by atoms with Gasteiger partial charge in [-0.2, -0.15) is 0 Å². The molecule has 2 N–H and O–H groups in total. The lowest BCUT2D eigenvalue weighted by Gasteiger charge is -2.35. The van der Waals surface area contributed by atoms with Crippen molar-refractivity contribution in [2.45, 2.75) is 32.8 Å². The van der Waals surface area contributed by atoms with E-state index in [1.54, 1.807) is 0 Å². The summed E-state index contributed by atoms with van der Waals surface area (Å²) in [5.74, 6) is 0. The first kappa shape index (κ1) is 14.9. The van der Waals surface area contributed by atoms with Gasteiger partial charge in [0.1, 0.15) is 0 Å². The molecule has 0 aromatic heterocycles. The number of nitrogens with two attached hydrogens (primary N) is 1. The highest BCUT2D eigenvalue weighted by molar-refractivity contribution is 4.74. The minimum Gasteiger partial charge on any atom is -0.374 e. The van der Waals surface area contributed by atoms with Crippen LogP contribution >= 0.6 is 0 Å². The predicted octanol–water partition coefficient (Wildman–Crippen LogP) is 0.768. The highest BCUT2D eigenvalue weighted by Crippen LogP contribution is 2.07. The first-order valence-corrected chi connectivity index (χ1v) is 7.06. The molecule has 0 aromatic carbocycles. The fraction of sp³-hybridized carbons (Fsp3) is 1.00. The molecule has 0 aliphatic carbocycles. The van der Waals surface area contributed by atoms with Gasteiger partial charge in [0.05, 0.1) is 12.7 Å². The zero-order valence-corrected chi connectivity index (χ0v) is 11.5. The van der Waals surface area contributed by atoms with Crippen molar-refractivity contribution in [3.05, 3.63) is 0 Å². The summed E-state index contributed by atoms with van der Waals surface area (Å²) < 4.78 is 5.84. The van der Waals surface area contributed by atoms with Crippen molar-refractivity contribution in [1.82, 2.24) is 9.80 Å². The van der Waals surface area contributed by atoms with Crippen LogP contribution in [0.15, 0.2) is 0 Å². The molecule has 4 nitrogen and oxygen atoms in total. The van der Waals surface area contributed by atoms with E-state index in [0.717, 1.165) is 52.4 Å². The SMILES string of the molecule is CCCCN(CCN)CC1CN(CC)CCO1. The quantitative estimate of drug-likeness (QED) is 0.684. The number of unbranched alkanes of at least 4 members (excludes halogenated alkanes) is 1. The van der Waals surface area contributed by atoms with Crippen LogP contribution in [0, 0.1) is 0 Å². The second-order valence-corrected chi connectivity index (χ2v) is 4.83. The summed E-state index contributed by atoms with van der Waals surface area (Å²) in [6.07, 6.45) is 2.87. The Morgan fingerprint density at radius 3 is 2.82 bits per heavy atom. The molecule has 17 heavy (non-hydrogen) atoms. The van der Waals surface area contributed by atoms with Crippen molar-refractivity contribution in [3.63, 3.8) is 0 Å². The second kappa shape index (κ2) is 8.86. The van der Waals surface area contributed by atoms with Gasteiger partial charge in [0.25, 0.3) is 0 Å². The summed E-state index contributed by atoms with van der Waals surface area (Å²) in [5.41, 5.74) is 5.67. The minimum atomic E-state index is 0.368. The van der Waals surface area contributed by atoms with E-state index in [1.165, 1.54) is 12.8 Å². The third-order valence-electron chi connectivity index (χ3n) is 3.41. The van der Waals surface area contributed by atoms with Crippen molar-refractivity contribution in [2.75, 3.05) is 52.4 Å². The molecular formula is C13H29N3O. The molecule has 0 radical (unpaired) electrons. The van der Waals surface area contributed by atoms with E-state index in [0.29, 0.717) is 6.10 Å². The largest absolute Gasteiger partial charge is 0.374 e. The van der Waals surface area contributed by atoms with Gasteiger partial charge in [-0.15, -0.1) is 0 Å². The molecule has 0 bridgehead atoms. The maximum atomic E-state index is 5.84. The smallest absolute Gasteiger partial charge is 0.0829 e. The van der Waals surface area contributed by atoms with E-state index >= 15 is 0 Å². The Labute approximate surface area is 106 Å². The molecule has 0 aromatic rings. The lowest BCUT2D eigenvalue weighted by Crippen LogP contribution is -2.48. The summed E-state index contributed by atoms with van der Waals surface area (Å²) >= 11 is 0. The van der Waals surface area contributed by atoms with Crippen LogP contribution in [-0.2, 0) is 4.74 Å². The molecule has 0 spiro atoms. The fourth-order valence-electron chi connectivity index (χ4n) is 2.32. The van der Waals surface area contributed by atoms with Gasteiger partial charge in [-0.25, -0.2) is 0 Å². The number of ether oxygens (including phenoxy) is 1. The summed E-state index contributed by atoms with van der Waals surface area (Å²) in [7, 11) is 0. The standard InChI is InChI=1S/C13H29N3O/c1-3-5-7-16(8-6-14)12-13-11-15(4-2)9-10-17-13/h13H,3-12,14H2,1-2H3. The Kier molecular flexibility index (Phi) is 7.77. The summed E-state index contributed by atoms with van der Waals surface area (Å²) in [6.45, 7) is 12.5. The maximum Gasteiger partial charge on any atom is 0.0829 e. The van der Waals surface area contributed by atoms with Gasteiger partial charge in [-0.05, 0) is 19.5 Å². The van der Waals surface area contributed by atoms with Crippen LogP contribution in [0.25, 0.3) is 0 Å². The number of hydrogen-bond acceptors (Lipinski definition) is 4. The Bertz CT molecular complexity index is 188. The molecule has 1 fully saturated rings. The molecule has 1 atom stereocenters. The van der Waals surface area contributed by atoms with Crippen molar-refractivity contribution in [3.8, 4) is 0 Å². The molecule has 1 rings (SSSR count). The highest BCUT2D eigenvalue weighted by Gasteiger charge is 2.21. The molecule has 1 aliphatic heterocycles. The molecule has 1 saturated heterocycles. The second-order valence-electron chi connectivity index (χ2n) is 4.83. The van der Waals surface area contributed by atoms with Crippen LogP contribution in [0.2, 0.25) is 0 Å². The molecule has 1 aliphatic rings. The van der Waals surface area contributed by atoms with E-state index in [2.05, 4.69) is 23.6 Å². The number of rotatable bonds is 8. The maximum absolute atomic E-state index is 5.84. The summed E-state index contributed by atoms with van der Waals surface area (Å²) in [5, 5.41) is 0. The zero-order valence-electron chi connectivity index (χ0n) is 11.5. The normalized spacial score (nSPS) is 22.2. The first-order chi connectivity index (χ1) is 8.30. The number of nitrogens with zero attached hydrogens (tertiary/aromatic N) is 2. The van der Waals surface area contributed by atoms with Crippen molar-refractivity contribution < 1.29 is 4.74 Å². The third kappa shape index (κ3) is 5.82. The van der Waals surface area contributed by atoms with E-state index in [1.807, 2.05) is 0 Å². The summed E-state index contributed by atoms with van der Waals surface area (Å²) in [4.78, 5) is 4.92. The van der Waals surface area contributed by atoms with Crippen molar-refractivity contribution >= 4 is 0 Å². The van der Waals surface area contributed by atoms with Gasteiger partial charge in [0, 0.05) is 32.7 Å². The van der Waals surface area contributed by atoms with Gasteiger partial charge < -0.3 is 10.5 Å². The average Bonchev–Trinajstić information content (AvgIpc) is 2.36. The lowest BCUT2D eigenvalue weighted by molar-refractivity contribution is -0.0415. The molecule has 4 heteroatoms. The molecule has 1 heterocycles. The van der Waals surface area contributed by atoms with Crippen LogP contribution in [0.3, 0.4) is 0 Å². The average molecular weight is 243 g/mol.